The molecule has 2 aliphatic heterocycles. The fourth-order valence-corrected chi connectivity index (χ4v) is 2.87. The molecule has 112 valence electrons. The van der Waals surface area contributed by atoms with Crippen LogP contribution in [0.25, 0.3) is 0 Å². The van der Waals surface area contributed by atoms with Gasteiger partial charge >= 0.3 is 6.03 Å². The maximum absolute atomic E-state index is 12.0. The van der Waals surface area contributed by atoms with Gasteiger partial charge in [-0.1, -0.05) is 6.07 Å². The van der Waals surface area contributed by atoms with Gasteiger partial charge in [0.05, 0.1) is 13.2 Å². The zero-order chi connectivity index (χ0) is 15.1. The molecule has 2 heterocycles. The Balaban J connectivity index is 2.05. The SMILES string of the molecule is NC(=O)[C@H]1c2ccc(OCCO)cc2[C@H]2CN1C(=O)N2O. The van der Waals surface area contributed by atoms with Crippen LogP contribution in [0.2, 0.25) is 0 Å². The number of ether oxygens (including phenoxy) is 1. The number of fused-ring (bicyclic) bond motifs is 4. The largest absolute Gasteiger partial charge is 0.491 e. The molecule has 8 nitrogen and oxygen atoms in total. The summed E-state index contributed by atoms with van der Waals surface area (Å²) in [6, 6.07) is 2.86. The van der Waals surface area contributed by atoms with Crippen molar-refractivity contribution in [3.63, 3.8) is 0 Å². The summed E-state index contributed by atoms with van der Waals surface area (Å²) in [4.78, 5) is 24.9. The Morgan fingerprint density at radius 1 is 1.43 bits per heavy atom. The molecule has 0 saturated carbocycles. The Hall–Kier alpha value is -2.32. The summed E-state index contributed by atoms with van der Waals surface area (Å²) in [6.07, 6.45) is 0. The average molecular weight is 293 g/mol. The van der Waals surface area contributed by atoms with Crippen LogP contribution >= 0.6 is 0 Å². The predicted octanol–water partition coefficient (Wildman–Crippen LogP) is -0.234. The molecule has 1 aromatic rings. The van der Waals surface area contributed by atoms with E-state index < -0.39 is 24.0 Å². The van der Waals surface area contributed by atoms with Gasteiger partial charge in [-0.05, 0) is 23.3 Å². The van der Waals surface area contributed by atoms with Gasteiger partial charge in [-0.2, -0.15) is 5.06 Å². The molecule has 21 heavy (non-hydrogen) atoms. The van der Waals surface area contributed by atoms with Crippen molar-refractivity contribution in [1.29, 1.82) is 0 Å². The molecule has 2 aliphatic rings. The lowest BCUT2D eigenvalue weighted by atomic mass is 9.90. The van der Waals surface area contributed by atoms with Gasteiger partial charge in [-0.3, -0.25) is 10.0 Å². The first-order valence-corrected chi connectivity index (χ1v) is 6.50. The summed E-state index contributed by atoms with van der Waals surface area (Å²) >= 11 is 0. The van der Waals surface area contributed by atoms with Gasteiger partial charge in [-0.25, -0.2) is 4.79 Å². The van der Waals surface area contributed by atoms with Gasteiger partial charge in [-0.15, -0.1) is 0 Å². The van der Waals surface area contributed by atoms with Crippen LogP contribution in [0, 0.1) is 0 Å². The van der Waals surface area contributed by atoms with Crippen LogP contribution in [0.4, 0.5) is 4.79 Å². The fourth-order valence-electron chi connectivity index (χ4n) is 2.87. The third kappa shape index (κ3) is 1.99. The van der Waals surface area contributed by atoms with E-state index in [1.807, 2.05) is 0 Å². The summed E-state index contributed by atoms with van der Waals surface area (Å²) < 4.78 is 5.32. The van der Waals surface area contributed by atoms with Crippen molar-refractivity contribution in [2.24, 2.45) is 5.73 Å². The Bertz CT molecular complexity index is 605. The molecule has 3 amide bonds. The number of rotatable bonds is 4. The number of aliphatic hydroxyl groups is 1. The van der Waals surface area contributed by atoms with Gasteiger partial charge in [0, 0.05) is 0 Å². The second-order valence-corrected chi connectivity index (χ2v) is 4.96. The molecule has 1 aromatic carbocycles. The van der Waals surface area contributed by atoms with E-state index in [4.69, 9.17) is 15.6 Å². The first kappa shape index (κ1) is 13.7. The van der Waals surface area contributed by atoms with Gasteiger partial charge in [0.2, 0.25) is 5.91 Å². The molecular weight excluding hydrogens is 278 g/mol. The van der Waals surface area contributed by atoms with Gasteiger partial charge in [0.15, 0.2) is 0 Å². The van der Waals surface area contributed by atoms with E-state index in [2.05, 4.69) is 0 Å². The minimum absolute atomic E-state index is 0.122. The Labute approximate surface area is 120 Å². The molecule has 4 N–H and O–H groups in total. The molecule has 0 aromatic heterocycles. The molecule has 1 saturated heterocycles. The van der Waals surface area contributed by atoms with Crippen molar-refractivity contribution in [3.05, 3.63) is 29.3 Å². The van der Waals surface area contributed by atoms with Gasteiger partial charge in [0.25, 0.3) is 0 Å². The molecule has 2 atom stereocenters. The number of amides is 3. The van der Waals surface area contributed by atoms with Gasteiger partial charge < -0.3 is 20.5 Å². The number of primary amides is 1. The molecule has 1 fully saturated rings. The van der Waals surface area contributed by atoms with Crippen molar-refractivity contribution in [3.8, 4) is 5.75 Å². The highest BCUT2D eigenvalue weighted by molar-refractivity contribution is 5.90. The summed E-state index contributed by atoms with van der Waals surface area (Å²) in [5, 5.41) is 19.3. The zero-order valence-corrected chi connectivity index (χ0v) is 11.1. The van der Waals surface area contributed by atoms with Crippen molar-refractivity contribution in [2.75, 3.05) is 19.8 Å². The van der Waals surface area contributed by atoms with Crippen LogP contribution in [-0.2, 0) is 4.79 Å². The van der Waals surface area contributed by atoms with Crippen LogP contribution in [0.15, 0.2) is 18.2 Å². The van der Waals surface area contributed by atoms with E-state index in [0.717, 1.165) is 0 Å². The van der Waals surface area contributed by atoms with E-state index in [9.17, 15) is 14.8 Å². The normalized spacial score (nSPS) is 23.2. The topological polar surface area (TPSA) is 116 Å². The van der Waals surface area contributed by atoms with Crippen LogP contribution < -0.4 is 10.5 Å². The maximum Gasteiger partial charge on any atom is 0.345 e. The number of aliphatic hydroxyl groups excluding tert-OH is 1. The van der Waals surface area contributed by atoms with Crippen molar-refractivity contribution >= 4 is 11.9 Å². The van der Waals surface area contributed by atoms with E-state index in [0.29, 0.717) is 21.9 Å². The summed E-state index contributed by atoms with van der Waals surface area (Å²) in [6.45, 7) is 0.207. The Morgan fingerprint density at radius 2 is 2.19 bits per heavy atom. The van der Waals surface area contributed by atoms with E-state index in [1.165, 1.54) is 4.90 Å². The highest BCUT2D eigenvalue weighted by atomic mass is 16.5. The Kier molecular flexibility index (Phi) is 3.19. The molecule has 8 heteroatoms. The van der Waals surface area contributed by atoms with E-state index in [1.54, 1.807) is 18.2 Å². The number of carbonyl (C=O) groups excluding carboxylic acids is 2. The number of urea groups is 1. The molecule has 0 unspecified atom stereocenters. The molecular formula is C13H15N3O5. The maximum atomic E-state index is 12.0. The molecule has 3 rings (SSSR count). The third-order valence-electron chi connectivity index (χ3n) is 3.76. The molecule has 0 aliphatic carbocycles. The summed E-state index contributed by atoms with van der Waals surface area (Å²) in [7, 11) is 0. The van der Waals surface area contributed by atoms with Crippen molar-refractivity contribution in [1.82, 2.24) is 9.96 Å². The average Bonchev–Trinajstić information content (AvgIpc) is 2.72. The molecule has 0 radical (unpaired) electrons. The van der Waals surface area contributed by atoms with Crippen LogP contribution in [0.1, 0.15) is 23.2 Å². The molecule has 0 spiro atoms. The number of hydrogen-bond donors (Lipinski definition) is 3. The number of benzene rings is 1. The lowest BCUT2D eigenvalue weighted by Gasteiger charge is -2.30. The highest BCUT2D eigenvalue weighted by Crippen LogP contribution is 2.43. The number of nitrogens with two attached hydrogens (primary N) is 1. The second-order valence-electron chi connectivity index (χ2n) is 4.96. The van der Waals surface area contributed by atoms with Crippen LogP contribution in [-0.4, -0.2) is 52.0 Å². The quantitative estimate of drug-likeness (QED) is 0.663. The van der Waals surface area contributed by atoms with Crippen molar-refractivity contribution in [2.45, 2.75) is 12.1 Å². The van der Waals surface area contributed by atoms with Gasteiger partial charge in [0.1, 0.15) is 24.4 Å². The Morgan fingerprint density at radius 3 is 2.86 bits per heavy atom. The van der Waals surface area contributed by atoms with Crippen LogP contribution in [0.3, 0.4) is 0 Å². The van der Waals surface area contributed by atoms with E-state index >= 15 is 0 Å². The minimum Gasteiger partial charge on any atom is -0.491 e. The number of hydroxylamine groups is 2. The number of hydrogen-bond acceptors (Lipinski definition) is 5. The number of nitrogens with zero attached hydrogens (tertiary/aromatic N) is 2. The lowest BCUT2D eigenvalue weighted by molar-refractivity contribution is -0.122. The fraction of sp³-hybridized carbons (Fsp3) is 0.385. The van der Waals surface area contributed by atoms with Crippen molar-refractivity contribution < 1.29 is 24.6 Å². The van der Waals surface area contributed by atoms with E-state index in [-0.39, 0.29) is 19.8 Å². The highest BCUT2D eigenvalue weighted by Gasteiger charge is 2.49. The summed E-state index contributed by atoms with van der Waals surface area (Å²) in [5.41, 5.74) is 6.60. The van der Waals surface area contributed by atoms with Crippen LogP contribution in [0.5, 0.6) is 5.75 Å². The lowest BCUT2D eigenvalue weighted by Crippen LogP contribution is -2.41. The first-order chi connectivity index (χ1) is 10.0. The summed E-state index contributed by atoms with van der Waals surface area (Å²) in [5.74, 6) is -0.158. The third-order valence-corrected chi connectivity index (χ3v) is 3.76. The zero-order valence-electron chi connectivity index (χ0n) is 11.1. The second kappa shape index (κ2) is 4.90. The minimum atomic E-state index is -0.896. The number of carbonyl (C=O) groups is 2. The smallest absolute Gasteiger partial charge is 0.345 e. The molecule has 2 bridgehead atoms. The first-order valence-electron chi connectivity index (χ1n) is 6.50. The predicted molar refractivity (Wildman–Crippen MR) is 69.4 cm³/mol. The standard InChI is InChI=1S/C13H15N3O5/c14-12(18)11-8-2-1-7(21-4-3-17)5-9(8)10-6-15(11)13(19)16(10)20/h1-2,5,10-11,17,20H,3-4,6H2,(H2,14,18)/t10-,11-/m1/s1. The monoisotopic (exact) mass is 293 g/mol.